The molecule has 2 amide bonds. The SMILES string of the molecule is CCOc1cc(CN(C)C(=O)C2CCN(C(=O)OC(C)(C)C)CC2)ccc1OC(F)F. The molecule has 1 fully saturated rings. The van der Waals surface area contributed by atoms with Crippen molar-refractivity contribution in [2.24, 2.45) is 5.92 Å². The van der Waals surface area contributed by atoms with Crippen LogP contribution in [-0.4, -0.2) is 60.8 Å². The van der Waals surface area contributed by atoms with Crippen molar-refractivity contribution in [2.75, 3.05) is 26.7 Å². The van der Waals surface area contributed by atoms with Crippen molar-refractivity contribution in [1.29, 1.82) is 0 Å². The Morgan fingerprint density at radius 3 is 2.39 bits per heavy atom. The zero-order chi connectivity index (χ0) is 23.2. The van der Waals surface area contributed by atoms with Gasteiger partial charge in [0.05, 0.1) is 6.61 Å². The van der Waals surface area contributed by atoms with E-state index in [-0.39, 0.29) is 29.4 Å². The van der Waals surface area contributed by atoms with Gasteiger partial charge in [0.25, 0.3) is 0 Å². The Kier molecular flexibility index (Phi) is 8.47. The summed E-state index contributed by atoms with van der Waals surface area (Å²) in [6.07, 6.45) is 0.767. The second-order valence-corrected chi connectivity index (χ2v) is 8.53. The zero-order valence-corrected chi connectivity index (χ0v) is 18.8. The van der Waals surface area contributed by atoms with Crippen LogP contribution in [0.2, 0.25) is 0 Å². The van der Waals surface area contributed by atoms with Gasteiger partial charge >= 0.3 is 12.7 Å². The summed E-state index contributed by atoms with van der Waals surface area (Å²) in [7, 11) is 1.70. The number of hydrogen-bond acceptors (Lipinski definition) is 5. The number of benzene rings is 1. The van der Waals surface area contributed by atoms with Crippen molar-refractivity contribution >= 4 is 12.0 Å². The summed E-state index contributed by atoms with van der Waals surface area (Å²) in [4.78, 5) is 28.3. The Balaban J connectivity index is 1.94. The van der Waals surface area contributed by atoms with Gasteiger partial charge in [0.1, 0.15) is 5.60 Å². The minimum absolute atomic E-state index is 0.0188. The summed E-state index contributed by atoms with van der Waals surface area (Å²) in [5.74, 6) is -0.0258. The number of rotatable bonds is 7. The van der Waals surface area contributed by atoms with Gasteiger partial charge in [-0.1, -0.05) is 6.07 Å². The molecular formula is C22H32F2N2O5. The molecule has 0 N–H and O–H groups in total. The third kappa shape index (κ3) is 7.56. The number of piperidine rings is 1. The highest BCUT2D eigenvalue weighted by atomic mass is 19.3. The van der Waals surface area contributed by atoms with Crippen molar-refractivity contribution in [1.82, 2.24) is 9.80 Å². The van der Waals surface area contributed by atoms with Crippen molar-refractivity contribution in [3.63, 3.8) is 0 Å². The Hall–Kier alpha value is -2.58. The standard InChI is InChI=1S/C22H32F2N2O5/c1-6-29-18-13-15(7-8-17(18)30-20(23)24)14-25(5)19(27)16-9-11-26(12-10-16)21(28)31-22(2,3)4/h7-8,13,16,20H,6,9-12,14H2,1-5H3. The number of nitrogens with zero attached hydrogens (tertiary/aromatic N) is 2. The molecule has 0 aromatic heterocycles. The fraction of sp³-hybridized carbons (Fsp3) is 0.636. The largest absolute Gasteiger partial charge is 0.490 e. The number of hydrogen-bond donors (Lipinski definition) is 0. The summed E-state index contributed by atoms with van der Waals surface area (Å²) in [6.45, 7) is 5.80. The maximum atomic E-state index is 12.9. The summed E-state index contributed by atoms with van der Waals surface area (Å²) in [5.41, 5.74) is 0.187. The first-order chi connectivity index (χ1) is 14.5. The van der Waals surface area contributed by atoms with Gasteiger partial charge in [-0.15, -0.1) is 0 Å². The van der Waals surface area contributed by atoms with Gasteiger partial charge in [0, 0.05) is 32.6 Å². The molecule has 0 aliphatic carbocycles. The molecule has 1 aromatic carbocycles. The van der Waals surface area contributed by atoms with Crippen LogP contribution < -0.4 is 9.47 Å². The lowest BCUT2D eigenvalue weighted by molar-refractivity contribution is -0.136. The van der Waals surface area contributed by atoms with Crippen LogP contribution in [0.25, 0.3) is 0 Å². The molecule has 1 saturated heterocycles. The quantitative estimate of drug-likeness (QED) is 0.630. The van der Waals surface area contributed by atoms with Gasteiger partial charge in [-0.3, -0.25) is 4.79 Å². The second-order valence-electron chi connectivity index (χ2n) is 8.53. The number of carbonyl (C=O) groups excluding carboxylic acids is 2. The van der Waals surface area contributed by atoms with Crippen LogP contribution in [0.4, 0.5) is 13.6 Å². The third-order valence-corrected chi connectivity index (χ3v) is 4.82. The minimum Gasteiger partial charge on any atom is -0.490 e. The third-order valence-electron chi connectivity index (χ3n) is 4.82. The fourth-order valence-corrected chi connectivity index (χ4v) is 3.41. The number of likely N-dealkylation sites (tertiary alicyclic amines) is 1. The molecule has 7 nitrogen and oxygen atoms in total. The Bertz CT molecular complexity index is 759. The van der Waals surface area contributed by atoms with E-state index in [9.17, 15) is 18.4 Å². The number of ether oxygens (including phenoxy) is 3. The highest BCUT2D eigenvalue weighted by Crippen LogP contribution is 2.30. The van der Waals surface area contributed by atoms with Crippen LogP contribution in [0.5, 0.6) is 11.5 Å². The van der Waals surface area contributed by atoms with Crippen molar-refractivity contribution in [2.45, 2.75) is 59.3 Å². The molecule has 2 rings (SSSR count). The highest BCUT2D eigenvalue weighted by Gasteiger charge is 2.31. The summed E-state index contributed by atoms with van der Waals surface area (Å²) in [6, 6.07) is 4.66. The number of carbonyl (C=O) groups is 2. The van der Waals surface area contributed by atoms with Crippen molar-refractivity contribution in [3.05, 3.63) is 23.8 Å². The fourth-order valence-electron chi connectivity index (χ4n) is 3.41. The van der Waals surface area contributed by atoms with E-state index in [4.69, 9.17) is 9.47 Å². The molecule has 1 heterocycles. The van der Waals surface area contributed by atoms with Crippen LogP contribution >= 0.6 is 0 Å². The molecule has 0 unspecified atom stereocenters. The van der Waals surface area contributed by atoms with Crippen molar-refractivity contribution in [3.8, 4) is 11.5 Å². The molecule has 31 heavy (non-hydrogen) atoms. The van der Waals surface area contributed by atoms with Gasteiger partial charge in [-0.25, -0.2) is 4.79 Å². The molecule has 174 valence electrons. The van der Waals surface area contributed by atoms with Gasteiger partial charge in [0.2, 0.25) is 5.91 Å². The maximum Gasteiger partial charge on any atom is 0.410 e. The first kappa shape index (κ1) is 24.7. The number of halogens is 2. The first-order valence-corrected chi connectivity index (χ1v) is 10.4. The number of alkyl halides is 2. The molecule has 0 atom stereocenters. The predicted octanol–water partition coefficient (Wildman–Crippen LogP) is 4.29. The molecule has 0 saturated carbocycles. The second kappa shape index (κ2) is 10.6. The first-order valence-electron chi connectivity index (χ1n) is 10.4. The van der Waals surface area contributed by atoms with Gasteiger partial charge in [-0.2, -0.15) is 8.78 Å². The summed E-state index contributed by atoms with van der Waals surface area (Å²) >= 11 is 0. The minimum atomic E-state index is -2.94. The van der Waals surface area contributed by atoms with Crippen LogP contribution in [0.3, 0.4) is 0 Å². The van der Waals surface area contributed by atoms with Crippen LogP contribution in [0.1, 0.15) is 46.1 Å². The lowest BCUT2D eigenvalue weighted by Gasteiger charge is -2.34. The zero-order valence-electron chi connectivity index (χ0n) is 18.8. The molecule has 0 bridgehead atoms. The van der Waals surface area contributed by atoms with E-state index in [1.54, 1.807) is 35.9 Å². The lowest BCUT2D eigenvalue weighted by Crippen LogP contribution is -2.45. The average Bonchev–Trinajstić information content (AvgIpc) is 2.68. The predicted molar refractivity (Wildman–Crippen MR) is 111 cm³/mol. The molecule has 1 aliphatic heterocycles. The number of amides is 2. The molecule has 1 aliphatic rings. The van der Waals surface area contributed by atoms with Gasteiger partial charge < -0.3 is 24.0 Å². The molecular weight excluding hydrogens is 410 g/mol. The normalized spacial score (nSPS) is 15.0. The van der Waals surface area contributed by atoms with E-state index in [1.807, 2.05) is 20.8 Å². The Morgan fingerprint density at radius 1 is 1.19 bits per heavy atom. The molecule has 9 heteroatoms. The van der Waals surface area contributed by atoms with Crippen molar-refractivity contribution < 1.29 is 32.6 Å². The summed E-state index contributed by atoms with van der Waals surface area (Å²) in [5, 5.41) is 0. The topological polar surface area (TPSA) is 68.3 Å². The van der Waals surface area contributed by atoms with Gasteiger partial charge in [0.15, 0.2) is 11.5 Å². The smallest absolute Gasteiger partial charge is 0.410 e. The van der Waals surface area contributed by atoms with Crippen LogP contribution in [-0.2, 0) is 16.1 Å². The Morgan fingerprint density at radius 2 is 1.84 bits per heavy atom. The molecule has 0 spiro atoms. The van der Waals surface area contributed by atoms with E-state index in [0.717, 1.165) is 5.56 Å². The van der Waals surface area contributed by atoms with Gasteiger partial charge in [-0.05, 0) is 58.2 Å². The average molecular weight is 443 g/mol. The highest BCUT2D eigenvalue weighted by molar-refractivity contribution is 5.79. The van der Waals surface area contributed by atoms with E-state index >= 15 is 0 Å². The monoisotopic (exact) mass is 442 g/mol. The van der Waals surface area contributed by atoms with E-state index in [2.05, 4.69) is 4.74 Å². The molecule has 1 aromatic rings. The van der Waals surface area contributed by atoms with E-state index < -0.39 is 12.2 Å². The van der Waals surface area contributed by atoms with E-state index in [1.165, 1.54) is 6.07 Å². The molecule has 0 radical (unpaired) electrons. The van der Waals surface area contributed by atoms with Crippen LogP contribution in [0.15, 0.2) is 18.2 Å². The van der Waals surface area contributed by atoms with Crippen LogP contribution in [0, 0.1) is 5.92 Å². The Labute approximate surface area is 182 Å². The lowest BCUT2D eigenvalue weighted by atomic mass is 9.95. The maximum absolute atomic E-state index is 12.9. The van der Waals surface area contributed by atoms with E-state index in [0.29, 0.717) is 39.1 Å². The summed E-state index contributed by atoms with van der Waals surface area (Å²) < 4.78 is 40.4.